The molecule has 0 aliphatic heterocycles. The van der Waals surface area contributed by atoms with Crippen LogP contribution in [0.25, 0.3) is 22.3 Å². The number of nitrogens with two attached hydrogens (primary N) is 1. The third-order valence-electron chi connectivity index (χ3n) is 4.15. The molecule has 2 heterocycles. The molecule has 2 amide bonds. The minimum atomic E-state index is -0.687. The SMILES string of the molecule is NC(=O)Nc1cccc(C(=O)c2ccc3ncc(-c4cccnc4)nc3c2)c1. The van der Waals surface area contributed by atoms with E-state index in [4.69, 9.17) is 5.73 Å². The van der Waals surface area contributed by atoms with E-state index in [1.807, 2.05) is 12.1 Å². The van der Waals surface area contributed by atoms with Crippen molar-refractivity contribution in [2.24, 2.45) is 5.73 Å². The van der Waals surface area contributed by atoms with Gasteiger partial charge in [0, 0.05) is 34.8 Å². The second kappa shape index (κ2) is 7.24. The minimum Gasteiger partial charge on any atom is -0.351 e. The zero-order valence-corrected chi connectivity index (χ0v) is 14.7. The predicted octanol–water partition coefficient (Wildman–Crippen LogP) is 3.41. The maximum Gasteiger partial charge on any atom is 0.316 e. The monoisotopic (exact) mass is 369 g/mol. The van der Waals surface area contributed by atoms with Crippen LogP contribution in [0.4, 0.5) is 10.5 Å². The molecule has 0 atom stereocenters. The Bertz CT molecular complexity index is 1190. The van der Waals surface area contributed by atoms with E-state index in [0.29, 0.717) is 33.5 Å². The van der Waals surface area contributed by atoms with E-state index in [1.54, 1.807) is 61.1 Å². The normalized spacial score (nSPS) is 10.6. The lowest BCUT2D eigenvalue weighted by molar-refractivity contribution is 0.103. The van der Waals surface area contributed by atoms with Gasteiger partial charge in [0.2, 0.25) is 0 Å². The highest BCUT2D eigenvalue weighted by molar-refractivity contribution is 6.11. The van der Waals surface area contributed by atoms with Gasteiger partial charge in [0.1, 0.15) is 0 Å². The number of nitrogens with one attached hydrogen (secondary N) is 1. The number of hydrogen-bond donors (Lipinski definition) is 2. The molecule has 2 aromatic heterocycles. The van der Waals surface area contributed by atoms with Crippen LogP contribution in [0.5, 0.6) is 0 Å². The number of hydrogen-bond acceptors (Lipinski definition) is 5. The minimum absolute atomic E-state index is 0.191. The van der Waals surface area contributed by atoms with Gasteiger partial charge in [-0.2, -0.15) is 0 Å². The molecular weight excluding hydrogens is 354 g/mol. The van der Waals surface area contributed by atoms with E-state index < -0.39 is 6.03 Å². The summed E-state index contributed by atoms with van der Waals surface area (Å²) in [7, 11) is 0. The molecule has 0 bridgehead atoms. The zero-order valence-electron chi connectivity index (χ0n) is 14.7. The fourth-order valence-electron chi connectivity index (χ4n) is 2.85. The van der Waals surface area contributed by atoms with Crippen LogP contribution in [-0.4, -0.2) is 26.8 Å². The van der Waals surface area contributed by atoms with Crippen molar-refractivity contribution in [2.75, 3.05) is 5.32 Å². The third-order valence-corrected chi connectivity index (χ3v) is 4.15. The number of fused-ring (bicyclic) bond motifs is 1. The number of nitrogens with zero attached hydrogens (tertiary/aromatic N) is 3. The van der Waals surface area contributed by atoms with Crippen molar-refractivity contribution in [1.29, 1.82) is 0 Å². The lowest BCUT2D eigenvalue weighted by Crippen LogP contribution is -2.19. The van der Waals surface area contributed by atoms with Crippen molar-refractivity contribution in [2.45, 2.75) is 0 Å². The lowest BCUT2D eigenvalue weighted by atomic mass is 10.0. The summed E-state index contributed by atoms with van der Waals surface area (Å²) >= 11 is 0. The topological polar surface area (TPSA) is 111 Å². The van der Waals surface area contributed by atoms with Gasteiger partial charge in [-0.1, -0.05) is 12.1 Å². The van der Waals surface area contributed by atoms with Crippen molar-refractivity contribution in [3.8, 4) is 11.3 Å². The number of ketones is 1. The molecule has 0 saturated carbocycles. The van der Waals surface area contributed by atoms with Gasteiger partial charge < -0.3 is 11.1 Å². The summed E-state index contributed by atoms with van der Waals surface area (Å²) in [5.41, 5.74) is 9.32. The number of pyridine rings is 1. The number of benzene rings is 2. The summed E-state index contributed by atoms with van der Waals surface area (Å²) in [6.07, 6.45) is 5.08. The molecule has 2 aromatic carbocycles. The van der Waals surface area contributed by atoms with E-state index in [0.717, 1.165) is 5.56 Å². The summed E-state index contributed by atoms with van der Waals surface area (Å²) in [5.74, 6) is -0.191. The molecule has 0 unspecified atom stereocenters. The van der Waals surface area contributed by atoms with Gasteiger partial charge in [-0.15, -0.1) is 0 Å². The molecule has 3 N–H and O–H groups in total. The van der Waals surface area contributed by atoms with Crippen LogP contribution in [-0.2, 0) is 0 Å². The van der Waals surface area contributed by atoms with E-state index >= 15 is 0 Å². The summed E-state index contributed by atoms with van der Waals surface area (Å²) in [4.78, 5) is 37.0. The van der Waals surface area contributed by atoms with Crippen molar-refractivity contribution in [3.63, 3.8) is 0 Å². The maximum absolute atomic E-state index is 12.9. The van der Waals surface area contributed by atoms with Gasteiger partial charge in [-0.05, 0) is 42.5 Å². The van der Waals surface area contributed by atoms with Crippen molar-refractivity contribution < 1.29 is 9.59 Å². The molecule has 0 aliphatic carbocycles. The first-order valence-electron chi connectivity index (χ1n) is 8.48. The number of urea groups is 1. The molecule has 0 saturated heterocycles. The molecule has 0 fully saturated rings. The van der Waals surface area contributed by atoms with Crippen LogP contribution in [0.15, 0.2) is 73.2 Å². The van der Waals surface area contributed by atoms with Crippen LogP contribution in [0.1, 0.15) is 15.9 Å². The first-order chi connectivity index (χ1) is 13.6. The summed E-state index contributed by atoms with van der Waals surface area (Å²) in [5, 5.41) is 2.47. The van der Waals surface area contributed by atoms with Crippen LogP contribution in [0.3, 0.4) is 0 Å². The van der Waals surface area contributed by atoms with Crippen LogP contribution in [0, 0.1) is 0 Å². The van der Waals surface area contributed by atoms with Crippen molar-refractivity contribution >= 4 is 28.5 Å². The Hall–Kier alpha value is -4.13. The van der Waals surface area contributed by atoms with E-state index in [-0.39, 0.29) is 5.78 Å². The fourth-order valence-corrected chi connectivity index (χ4v) is 2.85. The summed E-state index contributed by atoms with van der Waals surface area (Å²) < 4.78 is 0. The second-order valence-electron chi connectivity index (χ2n) is 6.10. The molecule has 7 heteroatoms. The Morgan fingerprint density at radius 2 is 1.75 bits per heavy atom. The molecule has 0 aliphatic rings. The highest BCUT2D eigenvalue weighted by atomic mass is 16.2. The van der Waals surface area contributed by atoms with Crippen molar-refractivity contribution in [1.82, 2.24) is 15.0 Å². The predicted molar refractivity (Wildman–Crippen MR) is 106 cm³/mol. The van der Waals surface area contributed by atoms with Crippen LogP contribution < -0.4 is 11.1 Å². The average molecular weight is 369 g/mol. The van der Waals surface area contributed by atoms with Crippen LogP contribution >= 0.6 is 0 Å². The first kappa shape index (κ1) is 17.3. The van der Waals surface area contributed by atoms with E-state index in [9.17, 15) is 9.59 Å². The highest BCUT2D eigenvalue weighted by Gasteiger charge is 2.12. The van der Waals surface area contributed by atoms with Gasteiger partial charge in [0.25, 0.3) is 0 Å². The molecular formula is C21H15N5O2. The number of primary amides is 1. The Morgan fingerprint density at radius 3 is 2.54 bits per heavy atom. The molecule has 0 spiro atoms. The summed E-state index contributed by atoms with van der Waals surface area (Å²) in [6, 6.07) is 14.8. The van der Waals surface area contributed by atoms with Gasteiger partial charge >= 0.3 is 6.03 Å². The highest BCUT2D eigenvalue weighted by Crippen LogP contribution is 2.21. The summed E-state index contributed by atoms with van der Waals surface area (Å²) in [6.45, 7) is 0. The van der Waals surface area contributed by atoms with E-state index in [1.165, 1.54) is 0 Å². The third kappa shape index (κ3) is 3.54. The smallest absolute Gasteiger partial charge is 0.316 e. The molecule has 28 heavy (non-hydrogen) atoms. The average Bonchev–Trinajstić information content (AvgIpc) is 2.73. The quantitative estimate of drug-likeness (QED) is 0.536. The molecule has 136 valence electrons. The Labute approximate surface area is 160 Å². The fraction of sp³-hybridized carbons (Fsp3) is 0. The van der Waals surface area contributed by atoms with Gasteiger partial charge in [-0.3, -0.25) is 14.8 Å². The molecule has 0 radical (unpaired) electrons. The number of aromatic nitrogens is 3. The van der Waals surface area contributed by atoms with Gasteiger partial charge in [-0.25, -0.2) is 9.78 Å². The molecule has 7 nitrogen and oxygen atoms in total. The number of anilines is 1. The first-order valence-corrected chi connectivity index (χ1v) is 8.48. The Morgan fingerprint density at radius 1 is 0.893 bits per heavy atom. The number of amides is 2. The number of carbonyl (C=O) groups is 2. The van der Waals surface area contributed by atoms with Gasteiger partial charge in [0.05, 0.1) is 22.9 Å². The largest absolute Gasteiger partial charge is 0.351 e. The van der Waals surface area contributed by atoms with Crippen molar-refractivity contribution in [3.05, 3.63) is 84.3 Å². The van der Waals surface area contributed by atoms with Crippen LogP contribution in [0.2, 0.25) is 0 Å². The maximum atomic E-state index is 12.9. The Kier molecular flexibility index (Phi) is 4.47. The number of rotatable bonds is 4. The zero-order chi connectivity index (χ0) is 19.5. The molecule has 4 aromatic rings. The number of carbonyl (C=O) groups excluding carboxylic acids is 2. The lowest BCUT2D eigenvalue weighted by Gasteiger charge is -2.07. The van der Waals surface area contributed by atoms with Gasteiger partial charge in [0.15, 0.2) is 5.78 Å². The Balaban J connectivity index is 1.70. The van der Waals surface area contributed by atoms with E-state index in [2.05, 4.69) is 20.3 Å². The standard InChI is InChI=1S/C21H15N5O2/c22-21(28)25-16-5-1-3-13(9-16)20(27)14-6-7-17-18(10-14)26-19(12-24-17)15-4-2-8-23-11-15/h1-12H,(H3,22,25,28). The second-order valence-corrected chi connectivity index (χ2v) is 6.10. The molecule has 4 rings (SSSR count).